The fraction of sp³-hybridized carbons (Fsp3) is 0.250. The number of rotatable bonds is 4. The van der Waals surface area contributed by atoms with Crippen molar-refractivity contribution in [2.45, 2.75) is 32.0 Å². The Morgan fingerprint density at radius 3 is 2.54 bits per heavy atom. The first-order chi connectivity index (χ1) is 12.5. The van der Waals surface area contributed by atoms with Crippen LogP contribution in [0, 0.1) is 11.3 Å². The van der Waals surface area contributed by atoms with E-state index in [1.807, 2.05) is 30.3 Å². The second-order valence-corrected chi connectivity index (χ2v) is 6.16. The smallest absolute Gasteiger partial charge is 0.326 e. The highest BCUT2D eigenvalue weighted by Crippen LogP contribution is 2.25. The Kier molecular flexibility index (Phi) is 4.90. The fourth-order valence-electron chi connectivity index (χ4n) is 3.11. The number of benzene rings is 2. The lowest BCUT2D eigenvalue weighted by Crippen LogP contribution is -2.52. The Morgan fingerprint density at radius 1 is 1.19 bits per heavy atom. The molecule has 0 aliphatic carbocycles. The van der Waals surface area contributed by atoms with Crippen molar-refractivity contribution >= 4 is 11.9 Å². The summed E-state index contributed by atoms with van der Waals surface area (Å²) in [5.41, 5.74) is 2.20. The summed E-state index contributed by atoms with van der Waals surface area (Å²) in [4.78, 5) is 25.9. The minimum Gasteiger partial charge on any atom is -0.480 e. The van der Waals surface area contributed by atoms with E-state index in [4.69, 9.17) is 10.00 Å². The van der Waals surface area contributed by atoms with Gasteiger partial charge in [-0.3, -0.25) is 4.79 Å². The summed E-state index contributed by atoms with van der Waals surface area (Å²) in [6.45, 7) is 1.79. The van der Waals surface area contributed by atoms with Crippen LogP contribution in [-0.2, 0) is 22.6 Å². The van der Waals surface area contributed by atoms with Crippen LogP contribution in [0.4, 0.5) is 0 Å². The van der Waals surface area contributed by atoms with E-state index < -0.39 is 24.0 Å². The molecule has 0 saturated heterocycles. The molecule has 1 aliphatic heterocycles. The van der Waals surface area contributed by atoms with Gasteiger partial charge >= 0.3 is 5.97 Å². The lowest BCUT2D eigenvalue weighted by atomic mass is 9.93. The molecule has 0 bridgehead atoms. The summed E-state index contributed by atoms with van der Waals surface area (Å²) in [5, 5.41) is 18.7. The Morgan fingerprint density at radius 2 is 1.85 bits per heavy atom. The zero-order valence-corrected chi connectivity index (χ0v) is 14.3. The molecule has 0 saturated carbocycles. The number of amides is 1. The van der Waals surface area contributed by atoms with E-state index in [0.717, 1.165) is 11.1 Å². The van der Waals surface area contributed by atoms with Crippen molar-refractivity contribution in [2.24, 2.45) is 0 Å². The third-order valence-corrected chi connectivity index (χ3v) is 4.48. The van der Waals surface area contributed by atoms with Crippen molar-refractivity contribution in [3.05, 3.63) is 65.2 Å². The van der Waals surface area contributed by atoms with E-state index in [1.165, 1.54) is 4.90 Å². The average Bonchev–Trinajstić information content (AvgIpc) is 2.66. The number of fused-ring (bicyclic) bond motifs is 1. The molecule has 2 aromatic rings. The maximum absolute atomic E-state index is 12.9. The molecule has 0 spiro atoms. The van der Waals surface area contributed by atoms with E-state index >= 15 is 0 Å². The van der Waals surface area contributed by atoms with Gasteiger partial charge in [-0.05, 0) is 30.2 Å². The third-order valence-electron chi connectivity index (χ3n) is 4.48. The Labute approximate surface area is 151 Å². The van der Waals surface area contributed by atoms with E-state index in [1.54, 1.807) is 31.2 Å². The summed E-state index contributed by atoms with van der Waals surface area (Å²) >= 11 is 0. The van der Waals surface area contributed by atoms with Crippen molar-refractivity contribution in [3.8, 4) is 11.8 Å². The molecule has 2 aromatic carbocycles. The van der Waals surface area contributed by atoms with Crippen LogP contribution in [0.5, 0.6) is 5.75 Å². The van der Waals surface area contributed by atoms with Gasteiger partial charge < -0.3 is 14.7 Å². The highest BCUT2D eigenvalue weighted by molar-refractivity contribution is 5.87. The van der Waals surface area contributed by atoms with E-state index in [-0.39, 0.29) is 13.0 Å². The molecule has 1 N–H and O–H groups in total. The third kappa shape index (κ3) is 3.38. The number of aliphatic carboxylic acids is 1. The highest BCUT2D eigenvalue weighted by atomic mass is 16.5. The topological polar surface area (TPSA) is 90.6 Å². The number of carboxylic acids is 1. The summed E-state index contributed by atoms with van der Waals surface area (Å²) < 4.78 is 5.66. The number of nitriles is 1. The first-order valence-electron chi connectivity index (χ1n) is 8.27. The van der Waals surface area contributed by atoms with Gasteiger partial charge in [0.15, 0.2) is 6.10 Å². The SMILES string of the molecule is C[C@@H](Oc1ccccc1C#N)C(=O)N1Cc2ccccc2C[C@@H]1C(=O)O. The maximum Gasteiger partial charge on any atom is 0.326 e. The predicted octanol–water partition coefficient (Wildman–Crippen LogP) is 2.36. The normalized spacial score (nSPS) is 16.9. The van der Waals surface area contributed by atoms with E-state index in [9.17, 15) is 14.7 Å². The van der Waals surface area contributed by atoms with Gasteiger partial charge in [0.1, 0.15) is 17.9 Å². The van der Waals surface area contributed by atoms with E-state index in [2.05, 4.69) is 0 Å². The summed E-state index contributed by atoms with van der Waals surface area (Å²) in [6.07, 6.45) is -0.643. The number of carbonyl (C=O) groups excluding carboxylic acids is 1. The molecule has 0 aromatic heterocycles. The molecule has 0 fully saturated rings. The summed E-state index contributed by atoms with van der Waals surface area (Å²) in [6, 6.07) is 15.2. The van der Waals surface area contributed by atoms with Crippen LogP contribution in [-0.4, -0.2) is 34.0 Å². The largest absolute Gasteiger partial charge is 0.480 e. The van der Waals surface area contributed by atoms with Crippen LogP contribution in [0.1, 0.15) is 23.6 Å². The van der Waals surface area contributed by atoms with Crippen LogP contribution in [0.25, 0.3) is 0 Å². The van der Waals surface area contributed by atoms with Gasteiger partial charge in [0.25, 0.3) is 5.91 Å². The predicted molar refractivity (Wildman–Crippen MR) is 93.4 cm³/mol. The number of carboxylic acid groups (broad SMARTS) is 1. The van der Waals surface area contributed by atoms with Gasteiger partial charge in [0, 0.05) is 13.0 Å². The zero-order chi connectivity index (χ0) is 18.7. The van der Waals surface area contributed by atoms with Gasteiger partial charge in [-0.1, -0.05) is 36.4 Å². The Bertz CT molecular complexity index is 887. The molecule has 3 rings (SSSR count). The van der Waals surface area contributed by atoms with Crippen LogP contribution >= 0.6 is 0 Å². The van der Waals surface area contributed by atoms with Crippen LogP contribution < -0.4 is 4.74 Å². The molecule has 0 radical (unpaired) electrons. The summed E-state index contributed by atoms with van der Waals surface area (Å²) in [7, 11) is 0. The molecule has 26 heavy (non-hydrogen) atoms. The summed E-state index contributed by atoms with van der Waals surface area (Å²) in [5.74, 6) is -1.16. The molecule has 6 heteroatoms. The number of hydrogen-bond donors (Lipinski definition) is 1. The van der Waals surface area contributed by atoms with Gasteiger partial charge in [0.05, 0.1) is 5.56 Å². The second kappa shape index (κ2) is 7.28. The van der Waals surface area contributed by atoms with Gasteiger partial charge in [-0.15, -0.1) is 0 Å². The molecule has 6 nitrogen and oxygen atoms in total. The maximum atomic E-state index is 12.9. The second-order valence-electron chi connectivity index (χ2n) is 6.16. The fourth-order valence-corrected chi connectivity index (χ4v) is 3.11. The van der Waals surface area contributed by atoms with Crippen molar-refractivity contribution < 1.29 is 19.4 Å². The monoisotopic (exact) mass is 350 g/mol. The quantitative estimate of drug-likeness (QED) is 0.914. The minimum atomic E-state index is -1.04. The standard InChI is InChI=1S/C20H18N2O4/c1-13(26-18-9-5-4-7-15(18)11-21)19(23)22-12-16-8-3-2-6-14(16)10-17(22)20(24)25/h2-9,13,17H,10,12H2,1H3,(H,24,25)/t13-,17-/m1/s1. The van der Waals surface area contributed by atoms with Crippen LogP contribution in [0.2, 0.25) is 0 Å². The number of para-hydroxylation sites is 1. The van der Waals surface area contributed by atoms with Crippen molar-refractivity contribution in [1.82, 2.24) is 4.90 Å². The van der Waals surface area contributed by atoms with E-state index in [0.29, 0.717) is 11.3 Å². The molecule has 1 heterocycles. The average molecular weight is 350 g/mol. The molecular weight excluding hydrogens is 332 g/mol. The van der Waals surface area contributed by atoms with Crippen LogP contribution in [0.15, 0.2) is 48.5 Å². The first kappa shape index (κ1) is 17.5. The minimum absolute atomic E-state index is 0.222. The van der Waals surface area contributed by atoms with Gasteiger partial charge in [0.2, 0.25) is 0 Å². The van der Waals surface area contributed by atoms with Crippen molar-refractivity contribution in [1.29, 1.82) is 5.26 Å². The van der Waals surface area contributed by atoms with Crippen molar-refractivity contribution in [2.75, 3.05) is 0 Å². The number of ether oxygens (including phenoxy) is 1. The zero-order valence-electron chi connectivity index (χ0n) is 14.3. The molecule has 2 atom stereocenters. The number of nitrogens with zero attached hydrogens (tertiary/aromatic N) is 2. The molecular formula is C20H18N2O4. The van der Waals surface area contributed by atoms with Gasteiger partial charge in [-0.2, -0.15) is 5.26 Å². The van der Waals surface area contributed by atoms with Crippen molar-refractivity contribution in [3.63, 3.8) is 0 Å². The Balaban J connectivity index is 1.83. The van der Waals surface area contributed by atoms with Gasteiger partial charge in [-0.25, -0.2) is 4.79 Å². The molecule has 0 unspecified atom stereocenters. The lowest BCUT2D eigenvalue weighted by molar-refractivity contribution is -0.154. The molecule has 1 amide bonds. The molecule has 1 aliphatic rings. The molecule has 132 valence electrons. The Hall–Kier alpha value is -3.33. The highest BCUT2D eigenvalue weighted by Gasteiger charge is 2.37. The first-order valence-corrected chi connectivity index (χ1v) is 8.27. The van der Waals surface area contributed by atoms with Crippen LogP contribution in [0.3, 0.4) is 0 Å². The lowest BCUT2D eigenvalue weighted by Gasteiger charge is -2.35. The number of carbonyl (C=O) groups is 2. The number of hydrogen-bond acceptors (Lipinski definition) is 4.